The number of nitrogens with zero attached hydrogens (tertiary/aromatic N) is 1. The van der Waals surface area contributed by atoms with Gasteiger partial charge in [-0.3, -0.25) is 0 Å². The third kappa shape index (κ3) is 4.00. The summed E-state index contributed by atoms with van der Waals surface area (Å²) in [6, 6.07) is 2.10. The first-order valence-corrected chi connectivity index (χ1v) is 9.04. The van der Waals surface area contributed by atoms with Gasteiger partial charge in [0.2, 0.25) is 10.0 Å². The van der Waals surface area contributed by atoms with Crippen LogP contribution in [0.25, 0.3) is 0 Å². The lowest BCUT2D eigenvalue weighted by Crippen LogP contribution is -2.14. The van der Waals surface area contributed by atoms with Crippen LogP contribution in [0.15, 0.2) is 27.0 Å². The maximum Gasteiger partial charge on any atom is 0.241 e. The Balaban J connectivity index is 2.11. The van der Waals surface area contributed by atoms with Crippen molar-refractivity contribution in [2.45, 2.75) is 18.2 Å². The summed E-state index contributed by atoms with van der Waals surface area (Å²) in [4.78, 5) is 4.65. The summed E-state index contributed by atoms with van der Waals surface area (Å²) in [5.74, 6) is -0.716. The third-order valence-corrected chi connectivity index (χ3v) is 5.26. The van der Waals surface area contributed by atoms with Crippen molar-refractivity contribution in [3.05, 3.63) is 38.5 Å². The topological polar surface area (TPSA) is 82.3 Å². The van der Waals surface area contributed by atoms with Crippen molar-refractivity contribution in [1.82, 2.24) is 4.98 Å². The smallest absolute Gasteiger partial charge is 0.241 e. The second kappa shape index (κ2) is 6.39. The zero-order valence-electron chi connectivity index (χ0n) is 11.0. The molecule has 0 fully saturated rings. The molecular weight excluding hydrogens is 383 g/mol. The molecule has 0 spiro atoms. The lowest BCUT2D eigenvalue weighted by molar-refractivity contribution is 0.318. The van der Waals surface area contributed by atoms with Gasteiger partial charge in [-0.2, -0.15) is 0 Å². The Morgan fingerprint density at radius 1 is 1.48 bits per heavy atom. The molecule has 0 saturated carbocycles. The van der Waals surface area contributed by atoms with Crippen LogP contribution in [-0.4, -0.2) is 20.0 Å². The van der Waals surface area contributed by atoms with E-state index in [2.05, 4.69) is 20.9 Å². The summed E-state index contributed by atoms with van der Waals surface area (Å²) in [6.07, 6.45) is 0.640. The van der Waals surface area contributed by atoms with Crippen molar-refractivity contribution in [2.24, 2.45) is 5.14 Å². The van der Waals surface area contributed by atoms with E-state index in [1.54, 1.807) is 5.51 Å². The Morgan fingerprint density at radius 3 is 2.76 bits per heavy atom. The van der Waals surface area contributed by atoms with E-state index in [0.717, 1.165) is 22.7 Å². The Kier molecular flexibility index (Phi) is 4.97. The van der Waals surface area contributed by atoms with Crippen LogP contribution in [0, 0.1) is 12.7 Å². The molecule has 0 aliphatic rings. The molecule has 114 valence electrons. The van der Waals surface area contributed by atoms with Crippen LogP contribution >= 0.6 is 27.3 Å². The van der Waals surface area contributed by atoms with E-state index in [9.17, 15) is 12.8 Å². The number of benzene rings is 1. The van der Waals surface area contributed by atoms with Crippen molar-refractivity contribution < 1.29 is 17.5 Å². The van der Waals surface area contributed by atoms with Gasteiger partial charge in [0.15, 0.2) is 0 Å². The average Bonchev–Trinajstić information content (AvgIpc) is 2.77. The molecule has 2 N–H and O–H groups in total. The molecule has 5 nitrogen and oxygen atoms in total. The fourth-order valence-corrected chi connectivity index (χ4v) is 3.64. The number of nitrogens with two attached hydrogens (primary N) is 1. The van der Waals surface area contributed by atoms with Crippen LogP contribution < -0.4 is 9.88 Å². The zero-order chi connectivity index (χ0) is 15.6. The highest BCUT2D eigenvalue weighted by molar-refractivity contribution is 9.10. The van der Waals surface area contributed by atoms with E-state index in [0.29, 0.717) is 17.5 Å². The van der Waals surface area contributed by atoms with E-state index in [1.165, 1.54) is 11.3 Å². The lowest BCUT2D eigenvalue weighted by atomic mass is 10.3. The van der Waals surface area contributed by atoms with Crippen LogP contribution in [0.1, 0.15) is 10.6 Å². The Morgan fingerprint density at radius 2 is 2.19 bits per heavy atom. The number of aryl methyl sites for hydroxylation is 1. The molecule has 0 unspecified atom stereocenters. The summed E-state index contributed by atoms with van der Waals surface area (Å²) in [5.41, 5.74) is 2.69. The second-order valence-electron chi connectivity index (χ2n) is 4.22. The van der Waals surface area contributed by atoms with Gasteiger partial charge < -0.3 is 4.74 Å². The highest BCUT2D eigenvalue weighted by Crippen LogP contribution is 2.30. The molecule has 1 heterocycles. The van der Waals surface area contributed by atoms with E-state index < -0.39 is 20.7 Å². The SMILES string of the molecule is Cc1ncsc1CCOc1cc(F)c(S(N)(=O)=O)cc1Br. The van der Waals surface area contributed by atoms with Gasteiger partial charge in [-0.05, 0) is 28.9 Å². The minimum Gasteiger partial charge on any atom is -0.492 e. The predicted molar refractivity (Wildman–Crippen MR) is 81.5 cm³/mol. The highest BCUT2D eigenvalue weighted by atomic mass is 79.9. The first-order valence-electron chi connectivity index (χ1n) is 5.82. The van der Waals surface area contributed by atoms with Gasteiger partial charge in [0.25, 0.3) is 0 Å². The Labute approximate surface area is 134 Å². The molecular formula is C12H12BrFN2O3S2. The molecule has 0 aliphatic carbocycles. The highest BCUT2D eigenvalue weighted by Gasteiger charge is 2.18. The molecule has 2 aromatic rings. The minimum atomic E-state index is -4.10. The van der Waals surface area contributed by atoms with Crippen LogP contribution in [0.2, 0.25) is 0 Å². The Hall–Kier alpha value is -1.03. The normalized spacial score (nSPS) is 11.6. The summed E-state index contributed by atoms with van der Waals surface area (Å²) < 4.78 is 41.9. The number of aromatic nitrogens is 1. The molecule has 0 saturated heterocycles. The maximum atomic E-state index is 13.7. The monoisotopic (exact) mass is 394 g/mol. The van der Waals surface area contributed by atoms with Gasteiger partial charge in [0.1, 0.15) is 16.5 Å². The maximum absolute atomic E-state index is 13.7. The van der Waals surface area contributed by atoms with Crippen molar-refractivity contribution in [2.75, 3.05) is 6.61 Å². The number of halogens is 2. The van der Waals surface area contributed by atoms with E-state index in [1.807, 2.05) is 6.92 Å². The van der Waals surface area contributed by atoms with Gasteiger partial charge in [-0.1, -0.05) is 0 Å². The van der Waals surface area contributed by atoms with Crippen molar-refractivity contribution >= 4 is 37.3 Å². The number of thiazole rings is 1. The van der Waals surface area contributed by atoms with Crippen LogP contribution in [0.4, 0.5) is 4.39 Å². The molecule has 0 radical (unpaired) electrons. The molecule has 0 amide bonds. The molecule has 1 aromatic carbocycles. The van der Waals surface area contributed by atoms with E-state index in [-0.39, 0.29) is 5.75 Å². The van der Waals surface area contributed by atoms with Gasteiger partial charge in [-0.15, -0.1) is 11.3 Å². The van der Waals surface area contributed by atoms with Crippen LogP contribution in [0.5, 0.6) is 5.75 Å². The Bertz CT molecular complexity index is 762. The van der Waals surface area contributed by atoms with E-state index >= 15 is 0 Å². The predicted octanol–water partition coefficient (Wildman–Crippen LogP) is 2.62. The molecule has 21 heavy (non-hydrogen) atoms. The number of hydrogen-bond acceptors (Lipinski definition) is 5. The molecule has 0 atom stereocenters. The minimum absolute atomic E-state index is 0.224. The molecule has 0 aliphatic heterocycles. The number of ether oxygens (including phenoxy) is 1. The van der Waals surface area contributed by atoms with Crippen LogP contribution in [-0.2, 0) is 16.4 Å². The summed E-state index contributed by atoms with van der Waals surface area (Å²) in [5, 5.41) is 4.92. The fraction of sp³-hybridized carbons (Fsp3) is 0.250. The summed E-state index contributed by atoms with van der Waals surface area (Å²) in [7, 11) is -4.10. The van der Waals surface area contributed by atoms with Gasteiger partial charge in [0, 0.05) is 17.4 Å². The zero-order valence-corrected chi connectivity index (χ0v) is 14.2. The van der Waals surface area contributed by atoms with E-state index in [4.69, 9.17) is 9.88 Å². The van der Waals surface area contributed by atoms with Crippen LogP contribution in [0.3, 0.4) is 0 Å². The standard InChI is InChI=1S/C12H12BrFN2O3S2/c1-7-11(20-6-16-7)2-3-19-10-5-9(14)12(4-8(10)13)21(15,17)18/h4-6H,2-3H2,1H3,(H2,15,17,18). The quantitative estimate of drug-likeness (QED) is 0.844. The first kappa shape index (κ1) is 16.3. The van der Waals surface area contributed by atoms with Gasteiger partial charge >= 0.3 is 0 Å². The van der Waals surface area contributed by atoms with Crippen molar-refractivity contribution in [1.29, 1.82) is 0 Å². The molecule has 2 rings (SSSR count). The number of sulfonamides is 1. The third-order valence-electron chi connectivity index (χ3n) is 2.72. The summed E-state index contributed by atoms with van der Waals surface area (Å²) in [6.45, 7) is 2.23. The largest absolute Gasteiger partial charge is 0.492 e. The number of rotatable bonds is 5. The van der Waals surface area contributed by atoms with Crippen molar-refractivity contribution in [3.8, 4) is 5.75 Å². The average molecular weight is 395 g/mol. The first-order chi connectivity index (χ1) is 9.79. The lowest BCUT2D eigenvalue weighted by Gasteiger charge is -2.10. The number of primary sulfonamides is 1. The molecule has 1 aromatic heterocycles. The van der Waals surface area contributed by atoms with Crippen molar-refractivity contribution in [3.63, 3.8) is 0 Å². The summed E-state index contributed by atoms with van der Waals surface area (Å²) >= 11 is 4.67. The molecule has 0 bridgehead atoms. The van der Waals surface area contributed by atoms with Gasteiger partial charge in [-0.25, -0.2) is 22.9 Å². The second-order valence-corrected chi connectivity index (χ2v) is 7.54. The van der Waals surface area contributed by atoms with Gasteiger partial charge in [0.05, 0.1) is 22.3 Å². The number of hydrogen-bond donors (Lipinski definition) is 1. The fourth-order valence-electron chi connectivity index (χ4n) is 1.66. The molecule has 9 heteroatoms.